The molecule has 0 spiro atoms. The molecule has 1 atom stereocenters. The summed E-state index contributed by atoms with van der Waals surface area (Å²) in [6, 6.07) is 7.15. The van der Waals surface area contributed by atoms with E-state index in [0.717, 1.165) is 16.8 Å². The first kappa shape index (κ1) is 10.7. The molecule has 0 aliphatic carbocycles. The van der Waals surface area contributed by atoms with Crippen molar-refractivity contribution in [2.45, 2.75) is 12.5 Å². The van der Waals surface area contributed by atoms with Crippen molar-refractivity contribution in [2.24, 2.45) is 5.73 Å². The number of esters is 1. The number of hydrogen-bond acceptors (Lipinski definition) is 3. The van der Waals surface area contributed by atoms with Crippen LogP contribution in [0.1, 0.15) is 12.0 Å². The highest BCUT2D eigenvalue weighted by atomic mass is 16.5. The van der Waals surface area contributed by atoms with E-state index in [2.05, 4.69) is 10.1 Å². The van der Waals surface area contributed by atoms with Crippen LogP contribution >= 0.6 is 0 Å². The number of carbonyl (C=O) groups excluding carboxylic acids is 1. The van der Waals surface area contributed by atoms with Crippen LogP contribution in [0.4, 0.5) is 5.69 Å². The summed E-state index contributed by atoms with van der Waals surface area (Å²) in [5.41, 5.74) is 8.66. The van der Waals surface area contributed by atoms with Crippen molar-refractivity contribution in [1.29, 1.82) is 0 Å². The smallest absolute Gasteiger partial charge is 0.322 e. The van der Waals surface area contributed by atoms with E-state index in [4.69, 9.17) is 5.73 Å². The molecule has 16 heavy (non-hydrogen) atoms. The SMILES string of the molecule is COC(=O)[C@@H](N)CC1=C[N]c2ccccc21. The molecule has 4 nitrogen and oxygen atoms in total. The molecule has 1 aromatic carbocycles. The fourth-order valence-corrected chi connectivity index (χ4v) is 1.71. The van der Waals surface area contributed by atoms with Crippen molar-refractivity contribution in [2.75, 3.05) is 7.11 Å². The van der Waals surface area contributed by atoms with Crippen molar-refractivity contribution < 1.29 is 9.53 Å². The Labute approximate surface area is 94.1 Å². The molecule has 2 rings (SSSR count). The largest absolute Gasteiger partial charge is 0.468 e. The first-order chi connectivity index (χ1) is 7.72. The molecule has 1 aliphatic heterocycles. The standard InChI is InChI=1S/C12H13N2O2/c1-16-12(15)10(13)6-8-7-14-11-5-3-2-4-9(8)11/h2-5,7,10H,6,13H2,1H3/t10-/m0/s1. The van der Waals surface area contributed by atoms with E-state index in [0.29, 0.717) is 6.42 Å². The van der Waals surface area contributed by atoms with Gasteiger partial charge < -0.3 is 10.5 Å². The van der Waals surface area contributed by atoms with E-state index in [1.807, 2.05) is 24.3 Å². The monoisotopic (exact) mass is 217 g/mol. The molecule has 0 saturated heterocycles. The summed E-state index contributed by atoms with van der Waals surface area (Å²) in [6.07, 6.45) is 2.21. The minimum atomic E-state index is -0.627. The van der Waals surface area contributed by atoms with Gasteiger partial charge in [-0.2, -0.15) is 0 Å². The maximum absolute atomic E-state index is 11.2. The van der Waals surface area contributed by atoms with Crippen LogP contribution in [0.3, 0.4) is 0 Å². The lowest BCUT2D eigenvalue weighted by Crippen LogP contribution is -2.31. The van der Waals surface area contributed by atoms with Crippen LogP contribution < -0.4 is 11.1 Å². The lowest BCUT2D eigenvalue weighted by atomic mass is 10.0. The Morgan fingerprint density at radius 2 is 2.25 bits per heavy atom. The second-order valence-electron chi connectivity index (χ2n) is 3.63. The molecule has 1 radical (unpaired) electrons. The van der Waals surface area contributed by atoms with Gasteiger partial charge in [0.25, 0.3) is 0 Å². The Morgan fingerprint density at radius 1 is 1.50 bits per heavy atom. The summed E-state index contributed by atoms with van der Waals surface area (Å²) in [5.74, 6) is -0.398. The number of para-hydroxylation sites is 1. The Kier molecular flexibility index (Phi) is 2.92. The Bertz CT molecular complexity index is 440. The zero-order chi connectivity index (χ0) is 11.5. The molecule has 4 heteroatoms. The molecule has 0 fully saturated rings. The van der Waals surface area contributed by atoms with Crippen LogP contribution in [0, 0.1) is 0 Å². The van der Waals surface area contributed by atoms with Crippen molar-refractivity contribution in [3.8, 4) is 0 Å². The van der Waals surface area contributed by atoms with Crippen molar-refractivity contribution >= 4 is 17.2 Å². The molecular weight excluding hydrogens is 204 g/mol. The minimum absolute atomic E-state index is 0.398. The summed E-state index contributed by atoms with van der Waals surface area (Å²) in [7, 11) is 1.34. The van der Waals surface area contributed by atoms with Crippen molar-refractivity contribution in [3.05, 3.63) is 36.0 Å². The molecule has 0 saturated carbocycles. The number of nitrogens with two attached hydrogens (primary N) is 1. The fourth-order valence-electron chi connectivity index (χ4n) is 1.71. The van der Waals surface area contributed by atoms with Gasteiger partial charge in [0.05, 0.1) is 12.8 Å². The summed E-state index contributed by atoms with van der Waals surface area (Å²) < 4.78 is 4.59. The number of ether oxygens (including phenoxy) is 1. The van der Waals surface area contributed by atoms with Gasteiger partial charge in [0.1, 0.15) is 6.04 Å². The molecule has 2 N–H and O–H groups in total. The summed E-state index contributed by atoms with van der Waals surface area (Å²) in [4.78, 5) is 11.2. The summed E-state index contributed by atoms with van der Waals surface area (Å²) >= 11 is 0. The number of nitrogens with zero attached hydrogens (tertiary/aromatic N) is 1. The number of methoxy groups -OCH3 is 1. The number of rotatable bonds is 3. The van der Waals surface area contributed by atoms with Crippen LogP contribution in [-0.2, 0) is 9.53 Å². The van der Waals surface area contributed by atoms with Gasteiger partial charge in [0.2, 0.25) is 0 Å². The van der Waals surface area contributed by atoms with E-state index < -0.39 is 12.0 Å². The molecule has 0 amide bonds. The highest BCUT2D eigenvalue weighted by Crippen LogP contribution is 2.32. The highest BCUT2D eigenvalue weighted by Gasteiger charge is 2.21. The molecule has 1 heterocycles. The lowest BCUT2D eigenvalue weighted by molar-refractivity contribution is -0.142. The molecule has 1 aliphatic rings. The lowest BCUT2D eigenvalue weighted by Gasteiger charge is -2.10. The highest BCUT2D eigenvalue weighted by molar-refractivity contribution is 5.84. The van der Waals surface area contributed by atoms with Gasteiger partial charge in [-0.25, -0.2) is 0 Å². The van der Waals surface area contributed by atoms with Crippen molar-refractivity contribution in [1.82, 2.24) is 5.32 Å². The molecule has 0 unspecified atom stereocenters. The fraction of sp³-hybridized carbons (Fsp3) is 0.250. The van der Waals surface area contributed by atoms with E-state index in [1.54, 1.807) is 6.20 Å². The molecular formula is C12H13N2O2. The first-order valence-corrected chi connectivity index (χ1v) is 5.05. The average molecular weight is 217 g/mol. The molecule has 1 aromatic rings. The van der Waals surface area contributed by atoms with Crippen LogP contribution in [0.2, 0.25) is 0 Å². The summed E-state index contributed by atoms with van der Waals surface area (Å²) in [5, 5.41) is 4.25. The van der Waals surface area contributed by atoms with Crippen LogP contribution in [0.15, 0.2) is 30.5 Å². The third-order valence-electron chi connectivity index (χ3n) is 2.55. The minimum Gasteiger partial charge on any atom is -0.468 e. The van der Waals surface area contributed by atoms with Gasteiger partial charge in [-0.15, -0.1) is 0 Å². The second kappa shape index (κ2) is 4.37. The molecule has 0 bridgehead atoms. The maximum Gasteiger partial charge on any atom is 0.322 e. The normalized spacial score (nSPS) is 14.8. The maximum atomic E-state index is 11.2. The van der Waals surface area contributed by atoms with Crippen LogP contribution in [0.5, 0.6) is 0 Å². The third-order valence-corrected chi connectivity index (χ3v) is 2.55. The van der Waals surface area contributed by atoms with Gasteiger partial charge in [0, 0.05) is 18.2 Å². The molecule has 83 valence electrons. The zero-order valence-electron chi connectivity index (χ0n) is 9.01. The quantitative estimate of drug-likeness (QED) is 0.773. The third kappa shape index (κ3) is 1.92. The predicted molar refractivity (Wildman–Crippen MR) is 60.8 cm³/mol. The van der Waals surface area contributed by atoms with E-state index in [9.17, 15) is 4.79 Å². The van der Waals surface area contributed by atoms with E-state index >= 15 is 0 Å². The Balaban J connectivity index is 2.11. The predicted octanol–water partition coefficient (Wildman–Crippen LogP) is 1.17. The van der Waals surface area contributed by atoms with Crippen LogP contribution in [-0.4, -0.2) is 19.1 Å². The number of hydrogen-bond donors (Lipinski definition) is 1. The first-order valence-electron chi connectivity index (χ1n) is 5.05. The second-order valence-corrected chi connectivity index (χ2v) is 3.63. The zero-order valence-corrected chi connectivity index (χ0v) is 9.01. The van der Waals surface area contributed by atoms with Gasteiger partial charge in [-0.05, 0) is 11.6 Å². The summed E-state index contributed by atoms with van der Waals surface area (Å²) in [6.45, 7) is 0. The Hall–Kier alpha value is -1.81. The van der Waals surface area contributed by atoms with E-state index in [1.165, 1.54) is 7.11 Å². The van der Waals surface area contributed by atoms with Gasteiger partial charge in [-0.1, -0.05) is 18.2 Å². The number of benzene rings is 1. The van der Waals surface area contributed by atoms with Gasteiger partial charge in [0.15, 0.2) is 0 Å². The van der Waals surface area contributed by atoms with Crippen molar-refractivity contribution in [3.63, 3.8) is 0 Å². The molecule has 0 aromatic heterocycles. The number of carbonyl (C=O) groups is 1. The van der Waals surface area contributed by atoms with Gasteiger partial charge in [-0.3, -0.25) is 10.1 Å². The van der Waals surface area contributed by atoms with Crippen LogP contribution in [0.25, 0.3) is 5.57 Å². The Morgan fingerprint density at radius 3 is 3.00 bits per heavy atom. The average Bonchev–Trinajstić information content (AvgIpc) is 2.72. The number of fused-ring (bicyclic) bond motifs is 1. The van der Waals surface area contributed by atoms with E-state index in [-0.39, 0.29) is 0 Å². The topological polar surface area (TPSA) is 66.4 Å². The van der Waals surface area contributed by atoms with Gasteiger partial charge >= 0.3 is 5.97 Å².